The predicted octanol–water partition coefficient (Wildman–Crippen LogP) is 3.77. The summed E-state index contributed by atoms with van der Waals surface area (Å²) in [6.07, 6.45) is 3.38. The summed E-state index contributed by atoms with van der Waals surface area (Å²) >= 11 is 0. The zero-order valence-corrected chi connectivity index (χ0v) is 14.7. The first-order valence-electron chi connectivity index (χ1n) is 8.55. The third-order valence-corrected chi connectivity index (χ3v) is 4.14. The Balaban J connectivity index is 1.83. The van der Waals surface area contributed by atoms with Crippen molar-refractivity contribution in [3.63, 3.8) is 0 Å². The van der Waals surface area contributed by atoms with Crippen LogP contribution in [0.2, 0.25) is 0 Å². The lowest BCUT2D eigenvalue weighted by molar-refractivity contribution is 0.160. The Morgan fingerprint density at radius 3 is 2.42 bits per heavy atom. The van der Waals surface area contributed by atoms with Gasteiger partial charge in [0.2, 0.25) is 0 Å². The Morgan fingerprint density at radius 2 is 1.77 bits per heavy atom. The van der Waals surface area contributed by atoms with Crippen LogP contribution in [0.1, 0.15) is 31.2 Å². The topological polar surface area (TPSA) is 70.9 Å². The van der Waals surface area contributed by atoms with Gasteiger partial charge in [-0.2, -0.15) is 0 Å². The number of pyridine rings is 1. The number of anilines is 1. The van der Waals surface area contributed by atoms with Crippen molar-refractivity contribution in [1.29, 1.82) is 0 Å². The molecule has 3 aromatic rings. The highest BCUT2D eigenvalue weighted by Gasteiger charge is 2.17. The van der Waals surface area contributed by atoms with Gasteiger partial charge in [-0.05, 0) is 43.2 Å². The van der Waals surface area contributed by atoms with E-state index in [0.29, 0.717) is 17.2 Å². The van der Waals surface area contributed by atoms with Crippen LogP contribution in [0.15, 0.2) is 54.9 Å². The van der Waals surface area contributed by atoms with Crippen molar-refractivity contribution < 1.29 is 9.50 Å². The number of aromatic nitrogens is 3. The number of rotatable bonds is 6. The van der Waals surface area contributed by atoms with Crippen LogP contribution in [0.3, 0.4) is 0 Å². The fraction of sp³-hybridized carbons (Fsp3) is 0.250. The van der Waals surface area contributed by atoms with Gasteiger partial charge in [0.25, 0.3) is 0 Å². The van der Waals surface area contributed by atoms with Crippen molar-refractivity contribution in [3.05, 3.63) is 71.9 Å². The Morgan fingerprint density at radius 1 is 1.08 bits per heavy atom. The number of halogens is 1. The Hall–Kier alpha value is -2.86. The SMILES string of the molecule is CCc1cc(N[C@@H](C)[C@H](O)c2ccc(F)cc2)nc(-c2ccncc2)n1. The van der Waals surface area contributed by atoms with E-state index in [1.54, 1.807) is 24.5 Å². The zero-order chi connectivity index (χ0) is 18.5. The summed E-state index contributed by atoms with van der Waals surface area (Å²) in [4.78, 5) is 13.1. The monoisotopic (exact) mass is 352 g/mol. The highest BCUT2D eigenvalue weighted by atomic mass is 19.1. The molecular weight excluding hydrogens is 331 g/mol. The second-order valence-electron chi connectivity index (χ2n) is 6.09. The normalized spacial score (nSPS) is 13.2. The summed E-state index contributed by atoms with van der Waals surface area (Å²) in [5.41, 5.74) is 2.42. The van der Waals surface area contributed by atoms with Crippen LogP contribution in [0.5, 0.6) is 0 Å². The van der Waals surface area contributed by atoms with Crippen LogP contribution in [0.4, 0.5) is 10.2 Å². The Labute approximate surface area is 152 Å². The van der Waals surface area contributed by atoms with E-state index in [-0.39, 0.29) is 11.9 Å². The molecule has 2 heterocycles. The predicted molar refractivity (Wildman–Crippen MR) is 99.1 cm³/mol. The van der Waals surface area contributed by atoms with Gasteiger partial charge in [-0.1, -0.05) is 19.1 Å². The van der Waals surface area contributed by atoms with Gasteiger partial charge in [-0.25, -0.2) is 14.4 Å². The van der Waals surface area contributed by atoms with E-state index >= 15 is 0 Å². The maximum atomic E-state index is 13.1. The largest absolute Gasteiger partial charge is 0.386 e. The van der Waals surface area contributed by atoms with Crippen LogP contribution in [0, 0.1) is 5.82 Å². The smallest absolute Gasteiger partial charge is 0.161 e. The molecule has 2 N–H and O–H groups in total. The third-order valence-electron chi connectivity index (χ3n) is 4.14. The molecule has 0 aliphatic rings. The summed E-state index contributed by atoms with van der Waals surface area (Å²) in [5, 5.41) is 13.7. The molecule has 2 atom stereocenters. The van der Waals surface area contributed by atoms with Gasteiger partial charge in [0.1, 0.15) is 11.6 Å². The number of nitrogens with one attached hydrogen (secondary N) is 1. The zero-order valence-electron chi connectivity index (χ0n) is 14.7. The van der Waals surface area contributed by atoms with Gasteiger partial charge in [0.15, 0.2) is 5.82 Å². The highest BCUT2D eigenvalue weighted by molar-refractivity contribution is 5.57. The molecule has 0 aliphatic carbocycles. The molecule has 0 saturated heterocycles. The molecule has 26 heavy (non-hydrogen) atoms. The number of aryl methyl sites for hydroxylation is 1. The van der Waals surface area contributed by atoms with Gasteiger partial charge in [0.05, 0.1) is 12.1 Å². The van der Waals surface area contributed by atoms with Crippen LogP contribution < -0.4 is 5.32 Å². The molecule has 134 valence electrons. The number of benzene rings is 1. The van der Waals surface area contributed by atoms with Crippen molar-refractivity contribution >= 4 is 5.82 Å². The maximum absolute atomic E-state index is 13.1. The number of aliphatic hydroxyl groups excluding tert-OH is 1. The molecule has 0 amide bonds. The summed E-state index contributed by atoms with van der Waals surface area (Å²) < 4.78 is 13.1. The summed E-state index contributed by atoms with van der Waals surface area (Å²) in [6.45, 7) is 3.88. The average molecular weight is 352 g/mol. The lowest BCUT2D eigenvalue weighted by Crippen LogP contribution is -2.25. The first-order valence-corrected chi connectivity index (χ1v) is 8.55. The molecule has 0 radical (unpaired) electrons. The number of hydrogen-bond acceptors (Lipinski definition) is 5. The molecular formula is C20H21FN4O. The third kappa shape index (κ3) is 4.21. The van der Waals surface area contributed by atoms with Crippen molar-refractivity contribution in [1.82, 2.24) is 15.0 Å². The molecule has 2 aromatic heterocycles. The minimum absolute atomic E-state index is 0.314. The second kappa shape index (κ2) is 8.01. The molecule has 0 saturated carbocycles. The van der Waals surface area contributed by atoms with Gasteiger partial charge in [-0.15, -0.1) is 0 Å². The number of aliphatic hydroxyl groups is 1. The molecule has 0 fully saturated rings. The van der Waals surface area contributed by atoms with E-state index in [2.05, 4.69) is 20.3 Å². The first kappa shape index (κ1) is 17.9. The first-order chi connectivity index (χ1) is 12.6. The molecule has 6 heteroatoms. The fourth-order valence-electron chi connectivity index (χ4n) is 2.64. The van der Waals surface area contributed by atoms with Gasteiger partial charge in [-0.3, -0.25) is 4.98 Å². The van der Waals surface area contributed by atoms with Crippen molar-refractivity contribution in [2.45, 2.75) is 32.4 Å². The van der Waals surface area contributed by atoms with Crippen molar-refractivity contribution in [3.8, 4) is 11.4 Å². The van der Waals surface area contributed by atoms with Crippen LogP contribution in [-0.4, -0.2) is 26.1 Å². The molecule has 3 rings (SSSR count). The minimum Gasteiger partial charge on any atom is -0.386 e. The van der Waals surface area contributed by atoms with Crippen molar-refractivity contribution in [2.75, 3.05) is 5.32 Å². The van der Waals surface area contributed by atoms with Crippen molar-refractivity contribution in [2.24, 2.45) is 0 Å². The van der Waals surface area contributed by atoms with E-state index in [4.69, 9.17) is 0 Å². The average Bonchev–Trinajstić information content (AvgIpc) is 2.68. The fourth-order valence-corrected chi connectivity index (χ4v) is 2.64. The minimum atomic E-state index is -0.792. The molecule has 0 spiro atoms. The van der Waals surface area contributed by atoms with Gasteiger partial charge < -0.3 is 10.4 Å². The molecule has 0 unspecified atom stereocenters. The lowest BCUT2D eigenvalue weighted by atomic mass is 10.0. The van der Waals surface area contributed by atoms with E-state index in [1.807, 2.05) is 32.0 Å². The second-order valence-corrected chi connectivity index (χ2v) is 6.09. The Kier molecular flexibility index (Phi) is 5.53. The molecule has 0 bridgehead atoms. The Bertz CT molecular complexity index is 855. The van der Waals surface area contributed by atoms with E-state index in [1.165, 1.54) is 12.1 Å². The molecule has 1 aromatic carbocycles. The van der Waals surface area contributed by atoms with Crippen LogP contribution in [0.25, 0.3) is 11.4 Å². The summed E-state index contributed by atoms with van der Waals surface area (Å²) in [5.74, 6) is 0.919. The van der Waals surface area contributed by atoms with Crippen LogP contribution in [-0.2, 0) is 6.42 Å². The summed E-state index contributed by atoms with van der Waals surface area (Å²) in [6, 6.07) is 11.1. The van der Waals surface area contributed by atoms with Crippen LogP contribution >= 0.6 is 0 Å². The van der Waals surface area contributed by atoms with E-state index < -0.39 is 6.10 Å². The summed E-state index contributed by atoms with van der Waals surface area (Å²) in [7, 11) is 0. The molecule has 5 nitrogen and oxygen atoms in total. The lowest BCUT2D eigenvalue weighted by Gasteiger charge is -2.21. The highest BCUT2D eigenvalue weighted by Crippen LogP contribution is 2.22. The van der Waals surface area contributed by atoms with E-state index in [9.17, 15) is 9.50 Å². The van der Waals surface area contributed by atoms with Gasteiger partial charge in [0, 0.05) is 29.7 Å². The number of hydrogen-bond donors (Lipinski definition) is 2. The standard InChI is InChI=1S/C20H21FN4O/c1-3-17-12-18(25-20(24-17)15-8-10-22-11-9-15)23-13(2)19(26)14-4-6-16(21)7-5-14/h4-13,19,26H,3H2,1-2H3,(H,23,24,25)/t13-,19-/m0/s1. The quantitative estimate of drug-likeness (QED) is 0.706. The van der Waals surface area contributed by atoms with Gasteiger partial charge >= 0.3 is 0 Å². The molecule has 0 aliphatic heterocycles. The number of nitrogens with zero attached hydrogens (tertiary/aromatic N) is 3. The maximum Gasteiger partial charge on any atom is 0.161 e. The van der Waals surface area contributed by atoms with E-state index in [0.717, 1.165) is 17.7 Å².